The lowest BCUT2D eigenvalue weighted by atomic mass is 10.1. The van der Waals surface area contributed by atoms with E-state index in [4.69, 9.17) is 4.74 Å². The van der Waals surface area contributed by atoms with Crippen molar-refractivity contribution in [3.63, 3.8) is 0 Å². The maximum Gasteiger partial charge on any atom is 0.261 e. The Morgan fingerprint density at radius 2 is 2.13 bits per heavy atom. The maximum absolute atomic E-state index is 12.4. The van der Waals surface area contributed by atoms with E-state index in [0.717, 1.165) is 12.1 Å². The molecule has 0 bridgehead atoms. The molecule has 7 nitrogen and oxygen atoms in total. The molecule has 0 saturated carbocycles. The average molecular weight is 318 g/mol. The molecule has 1 aromatic carbocycles. The number of methoxy groups -OCH3 is 1. The van der Waals surface area contributed by atoms with Crippen molar-refractivity contribution in [1.29, 1.82) is 0 Å². The number of benzene rings is 1. The lowest BCUT2D eigenvalue weighted by molar-refractivity contribution is -0.121. The van der Waals surface area contributed by atoms with Gasteiger partial charge in [0.1, 0.15) is 6.54 Å². The summed E-state index contributed by atoms with van der Waals surface area (Å²) in [5, 5.41) is 6.42. The predicted molar refractivity (Wildman–Crippen MR) is 88.5 cm³/mol. The minimum absolute atomic E-state index is 0.0339. The smallest absolute Gasteiger partial charge is 0.261 e. The second-order valence-electron chi connectivity index (χ2n) is 5.24. The Labute approximate surface area is 134 Å². The molecule has 2 rings (SSSR count). The van der Waals surface area contributed by atoms with Gasteiger partial charge in [0.05, 0.1) is 23.8 Å². The van der Waals surface area contributed by atoms with E-state index in [2.05, 4.69) is 15.6 Å². The van der Waals surface area contributed by atoms with Crippen LogP contribution < -0.4 is 16.2 Å². The van der Waals surface area contributed by atoms with E-state index in [1.807, 2.05) is 19.1 Å². The molecule has 0 aliphatic carbocycles. The van der Waals surface area contributed by atoms with Gasteiger partial charge in [0, 0.05) is 26.7 Å². The molecule has 124 valence electrons. The number of carbonyl (C=O) groups excluding carboxylic acids is 1. The zero-order chi connectivity index (χ0) is 16.7. The Balaban J connectivity index is 1.93. The number of hydrogen-bond donors (Lipinski definition) is 2. The van der Waals surface area contributed by atoms with Gasteiger partial charge in [-0.2, -0.15) is 0 Å². The fraction of sp³-hybridized carbons (Fsp3) is 0.438. The Morgan fingerprint density at radius 1 is 1.30 bits per heavy atom. The normalized spacial score (nSPS) is 10.9. The molecular formula is C16H22N4O3. The minimum atomic E-state index is -0.213. The average Bonchev–Trinajstić information content (AvgIpc) is 2.54. The highest BCUT2D eigenvalue weighted by molar-refractivity contribution is 5.81. The lowest BCUT2D eigenvalue weighted by Crippen LogP contribution is -2.36. The standard InChI is InChI=1S/C16H22N4O3/c1-12-4-3-5-13-15(12)19-11-20(16(13)22)10-14(21)18-7-6-17-8-9-23-2/h3-5,11,17H,6-10H2,1-2H3,(H,18,21). The van der Waals surface area contributed by atoms with Crippen molar-refractivity contribution < 1.29 is 9.53 Å². The summed E-state index contributed by atoms with van der Waals surface area (Å²) in [5.41, 5.74) is 1.42. The van der Waals surface area contributed by atoms with E-state index >= 15 is 0 Å². The molecule has 7 heteroatoms. The second-order valence-corrected chi connectivity index (χ2v) is 5.24. The molecule has 1 amide bonds. The van der Waals surface area contributed by atoms with Crippen molar-refractivity contribution in [2.24, 2.45) is 0 Å². The minimum Gasteiger partial charge on any atom is -0.383 e. The van der Waals surface area contributed by atoms with E-state index in [9.17, 15) is 9.59 Å². The quantitative estimate of drug-likeness (QED) is 0.672. The predicted octanol–water partition coefficient (Wildman–Crippen LogP) is 0.0571. The van der Waals surface area contributed by atoms with Crippen LogP contribution in [0.5, 0.6) is 0 Å². The molecule has 0 atom stereocenters. The Bertz CT molecular complexity index is 727. The number of nitrogens with zero attached hydrogens (tertiary/aromatic N) is 2. The zero-order valence-corrected chi connectivity index (χ0v) is 13.5. The summed E-state index contributed by atoms with van der Waals surface area (Å²) in [7, 11) is 1.64. The molecule has 23 heavy (non-hydrogen) atoms. The van der Waals surface area contributed by atoms with Crippen molar-refractivity contribution in [3.05, 3.63) is 40.4 Å². The number of nitrogens with one attached hydrogen (secondary N) is 2. The molecular weight excluding hydrogens is 296 g/mol. The third-order valence-electron chi connectivity index (χ3n) is 3.48. The summed E-state index contributed by atoms with van der Waals surface area (Å²) < 4.78 is 6.24. The number of aryl methyl sites for hydroxylation is 1. The van der Waals surface area contributed by atoms with Crippen LogP contribution in [-0.4, -0.2) is 48.8 Å². The first-order chi connectivity index (χ1) is 11.1. The van der Waals surface area contributed by atoms with E-state index in [1.165, 1.54) is 10.9 Å². The summed E-state index contributed by atoms with van der Waals surface area (Å²) in [6.45, 7) is 4.39. The maximum atomic E-state index is 12.4. The van der Waals surface area contributed by atoms with Gasteiger partial charge in [0.2, 0.25) is 5.91 Å². The summed E-state index contributed by atoms with van der Waals surface area (Å²) in [6, 6.07) is 5.45. The Hall–Kier alpha value is -2.25. The van der Waals surface area contributed by atoms with Crippen LogP contribution in [0.1, 0.15) is 5.56 Å². The number of ether oxygens (including phenoxy) is 1. The lowest BCUT2D eigenvalue weighted by Gasteiger charge is -2.09. The van der Waals surface area contributed by atoms with Gasteiger partial charge in [-0.1, -0.05) is 12.1 Å². The molecule has 0 fully saturated rings. The van der Waals surface area contributed by atoms with Gasteiger partial charge in [0.15, 0.2) is 0 Å². The molecule has 0 spiro atoms. The molecule has 0 aliphatic rings. The first-order valence-corrected chi connectivity index (χ1v) is 7.54. The molecule has 2 aromatic rings. The van der Waals surface area contributed by atoms with Crippen molar-refractivity contribution in [1.82, 2.24) is 20.2 Å². The summed E-state index contributed by atoms with van der Waals surface area (Å²) >= 11 is 0. The number of carbonyl (C=O) groups is 1. The second kappa shape index (κ2) is 8.40. The number of para-hydroxylation sites is 1. The Kier molecular flexibility index (Phi) is 6.25. The topological polar surface area (TPSA) is 85.2 Å². The molecule has 0 radical (unpaired) electrons. The Morgan fingerprint density at radius 3 is 2.91 bits per heavy atom. The van der Waals surface area contributed by atoms with Crippen molar-refractivity contribution in [3.8, 4) is 0 Å². The van der Waals surface area contributed by atoms with Crippen LogP contribution in [0.3, 0.4) is 0 Å². The molecule has 2 N–H and O–H groups in total. The third-order valence-corrected chi connectivity index (χ3v) is 3.48. The van der Waals surface area contributed by atoms with Gasteiger partial charge in [-0.15, -0.1) is 0 Å². The summed E-state index contributed by atoms with van der Waals surface area (Å²) in [6.07, 6.45) is 1.42. The van der Waals surface area contributed by atoms with Crippen LogP contribution >= 0.6 is 0 Å². The van der Waals surface area contributed by atoms with Crippen molar-refractivity contribution in [2.75, 3.05) is 33.4 Å². The van der Waals surface area contributed by atoms with Gasteiger partial charge >= 0.3 is 0 Å². The largest absolute Gasteiger partial charge is 0.383 e. The monoisotopic (exact) mass is 318 g/mol. The zero-order valence-electron chi connectivity index (χ0n) is 13.5. The van der Waals surface area contributed by atoms with Gasteiger partial charge in [-0.3, -0.25) is 14.2 Å². The van der Waals surface area contributed by atoms with Crippen LogP contribution in [0, 0.1) is 6.92 Å². The highest BCUT2D eigenvalue weighted by atomic mass is 16.5. The first kappa shape index (κ1) is 17.1. The number of amides is 1. The van der Waals surface area contributed by atoms with Crippen LogP contribution in [0.4, 0.5) is 0 Å². The molecule has 0 saturated heterocycles. The van der Waals surface area contributed by atoms with E-state index < -0.39 is 0 Å². The van der Waals surface area contributed by atoms with Gasteiger partial charge in [-0.05, 0) is 18.6 Å². The molecule has 1 heterocycles. The fourth-order valence-electron chi connectivity index (χ4n) is 2.25. The molecule has 0 unspecified atom stereocenters. The van der Waals surface area contributed by atoms with Gasteiger partial charge in [0.25, 0.3) is 5.56 Å². The number of aromatic nitrogens is 2. The third kappa shape index (κ3) is 4.61. The molecule has 0 aliphatic heterocycles. The van der Waals surface area contributed by atoms with Crippen LogP contribution in [0.25, 0.3) is 10.9 Å². The fourth-order valence-corrected chi connectivity index (χ4v) is 2.25. The summed E-state index contributed by atoms with van der Waals surface area (Å²) in [4.78, 5) is 28.6. The van der Waals surface area contributed by atoms with Crippen LogP contribution in [0.2, 0.25) is 0 Å². The van der Waals surface area contributed by atoms with Crippen LogP contribution in [0.15, 0.2) is 29.3 Å². The van der Waals surface area contributed by atoms with Crippen molar-refractivity contribution >= 4 is 16.8 Å². The van der Waals surface area contributed by atoms with E-state index in [0.29, 0.717) is 30.6 Å². The van der Waals surface area contributed by atoms with Gasteiger partial charge < -0.3 is 15.4 Å². The summed E-state index contributed by atoms with van der Waals surface area (Å²) in [5.74, 6) is -0.213. The first-order valence-electron chi connectivity index (χ1n) is 7.54. The highest BCUT2D eigenvalue weighted by Crippen LogP contribution is 2.10. The number of rotatable bonds is 8. The highest BCUT2D eigenvalue weighted by Gasteiger charge is 2.08. The number of hydrogen-bond acceptors (Lipinski definition) is 5. The van der Waals surface area contributed by atoms with Crippen molar-refractivity contribution in [2.45, 2.75) is 13.5 Å². The SMILES string of the molecule is COCCNCCNC(=O)Cn1cnc2c(C)cccc2c1=O. The number of fused-ring (bicyclic) bond motifs is 1. The van der Waals surface area contributed by atoms with Crippen LogP contribution in [-0.2, 0) is 16.1 Å². The van der Waals surface area contributed by atoms with Gasteiger partial charge in [-0.25, -0.2) is 4.98 Å². The molecule has 1 aromatic heterocycles. The van der Waals surface area contributed by atoms with E-state index in [-0.39, 0.29) is 18.0 Å². The van der Waals surface area contributed by atoms with E-state index in [1.54, 1.807) is 13.2 Å².